The third kappa shape index (κ3) is 5.49. The fraction of sp³-hybridized carbons (Fsp3) is 0.462. The second-order valence-corrected chi connectivity index (χ2v) is 8.99. The number of nitrogens with zero attached hydrogens (tertiary/aromatic N) is 1. The predicted molar refractivity (Wildman–Crippen MR) is 129 cm³/mol. The number of carbonyl (C=O) groups is 2. The van der Waals surface area contributed by atoms with Gasteiger partial charge in [0.1, 0.15) is 6.04 Å². The minimum Gasteiger partial charge on any atom is -0.394 e. The van der Waals surface area contributed by atoms with Gasteiger partial charge in [-0.05, 0) is 60.6 Å². The predicted octanol–water partition coefficient (Wildman–Crippen LogP) is 3.78. The Labute approximate surface area is 191 Å². The van der Waals surface area contributed by atoms with E-state index < -0.39 is 0 Å². The molecule has 2 aromatic carbocycles. The Morgan fingerprint density at radius 1 is 1.22 bits per heavy atom. The smallest absolute Gasteiger partial charge is 0.255 e. The van der Waals surface area contributed by atoms with E-state index in [9.17, 15) is 14.7 Å². The zero-order valence-electron chi connectivity index (χ0n) is 19.5. The van der Waals surface area contributed by atoms with Crippen LogP contribution < -0.4 is 15.5 Å². The topological polar surface area (TPSA) is 81.7 Å². The summed E-state index contributed by atoms with van der Waals surface area (Å²) < 4.78 is 0. The van der Waals surface area contributed by atoms with Crippen molar-refractivity contribution in [1.29, 1.82) is 0 Å². The first-order chi connectivity index (χ1) is 15.3. The van der Waals surface area contributed by atoms with Gasteiger partial charge in [0.15, 0.2) is 0 Å². The number of aliphatic hydroxyl groups excluding tert-OH is 1. The molecule has 2 atom stereocenters. The van der Waals surface area contributed by atoms with Gasteiger partial charge in [0, 0.05) is 24.0 Å². The van der Waals surface area contributed by atoms with Crippen LogP contribution in [0.15, 0.2) is 42.5 Å². The highest BCUT2D eigenvalue weighted by atomic mass is 16.3. The van der Waals surface area contributed by atoms with Gasteiger partial charge in [-0.3, -0.25) is 9.59 Å². The summed E-state index contributed by atoms with van der Waals surface area (Å²) in [6.07, 6.45) is 3.84. The van der Waals surface area contributed by atoms with Crippen LogP contribution in [0.25, 0.3) is 0 Å². The third-order valence-corrected chi connectivity index (χ3v) is 6.11. The van der Waals surface area contributed by atoms with Gasteiger partial charge in [-0.2, -0.15) is 0 Å². The van der Waals surface area contributed by atoms with Crippen molar-refractivity contribution in [2.75, 3.05) is 23.9 Å². The molecule has 0 saturated carbocycles. The van der Waals surface area contributed by atoms with Gasteiger partial charge in [-0.1, -0.05) is 45.4 Å². The number of unbranched alkanes of at least 4 members (excludes halogenated alkanes) is 1. The van der Waals surface area contributed by atoms with Gasteiger partial charge >= 0.3 is 0 Å². The molecular formula is C26H35N3O3. The average Bonchev–Trinajstić information content (AvgIpc) is 2.77. The van der Waals surface area contributed by atoms with Crippen LogP contribution in [0.1, 0.15) is 55.1 Å². The summed E-state index contributed by atoms with van der Waals surface area (Å²) in [5, 5.41) is 15.7. The van der Waals surface area contributed by atoms with Gasteiger partial charge in [0.05, 0.1) is 12.6 Å². The monoisotopic (exact) mass is 437 g/mol. The number of hydrogen-bond donors (Lipinski definition) is 3. The van der Waals surface area contributed by atoms with Gasteiger partial charge < -0.3 is 20.6 Å². The van der Waals surface area contributed by atoms with Crippen LogP contribution in [-0.4, -0.2) is 42.7 Å². The molecule has 6 nitrogen and oxygen atoms in total. The first-order valence-electron chi connectivity index (χ1n) is 11.5. The van der Waals surface area contributed by atoms with E-state index in [0.29, 0.717) is 17.7 Å². The number of benzene rings is 2. The van der Waals surface area contributed by atoms with E-state index in [2.05, 4.69) is 17.6 Å². The molecule has 0 bridgehead atoms. The van der Waals surface area contributed by atoms with E-state index in [0.717, 1.165) is 30.5 Å². The third-order valence-electron chi connectivity index (χ3n) is 6.11. The van der Waals surface area contributed by atoms with Gasteiger partial charge in [0.2, 0.25) is 5.91 Å². The first-order valence-corrected chi connectivity index (χ1v) is 11.5. The molecule has 1 heterocycles. The quantitative estimate of drug-likeness (QED) is 0.616. The molecule has 0 spiro atoms. The lowest BCUT2D eigenvalue weighted by molar-refractivity contribution is -0.124. The van der Waals surface area contributed by atoms with E-state index in [1.807, 2.05) is 68.3 Å². The number of carbonyl (C=O) groups excluding carboxylic acids is 2. The Bertz CT molecular complexity index is 940. The Morgan fingerprint density at radius 3 is 2.56 bits per heavy atom. The van der Waals surface area contributed by atoms with Gasteiger partial charge in [0.25, 0.3) is 5.91 Å². The van der Waals surface area contributed by atoms with Crippen LogP contribution >= 0.6 is 0 Å². The molecule has 2 amide bonds. The highest BCUT2D eigenvalue weighted by molar-refractivity contribution is 6.04. The molecule has 6 heteroatoms. The highest BCUT2D eigenvalue weighted by Gasteiger charge is 2.32. The van der Waals surface area contributed by atoms with Crippen molar-refractivity contribution in [2.45, 2.75) is 58.5 Å². The molecule has 1 aliphatic heterocycles. The molecule has 2 aromatic rings. The molecule has 3 N–H and O–H groups in total. The van der Waals surface area contributed by atoms with Crippen LogP contribution in [0.2, 0.25) is 0 Å². The Balaban J connectivity index is 1.84. The number of nitrogens with one attached hydrogen (secondary N) is 2. The number of likely N-dealkylation sites (N-methyl/N-ethyl adjacent to an activating group) is 1. The van der Waals surface area contributed by atoms with Crippen molar-refractivity contribution in [3.63, 3.8) is 0 Å². The van der Waals surface area contributed by atoms with Gasteiger partial charge in [-0.15, -0.1) is 0 Å². The number of aryl methyl sites for hydroxylation is 1. The maximum absolute atomic E-state index is 12.8. The highest BCUT2D eigenvalue weighted by Crippen LogP contribution is 2.30. The number of hydrogen-bond acceptors (Lipinski definition) is 4. The SMILES string of the molecule is CCCCc1ccc(C(=O)Nc2ccc3c(c2)N(C)[C@@H](C(C)C)C(=O)NC(CO)C3)cc1. The zero-order chi connectivity index (χ0) is 23.3. The summed E-state index contributed by atoms with van der Waals surface area (Å²) in [5.41, 5.74) is 4.45. The average molecular weight is 438 g/mol. The fourth-order valence-corrected chi connectivity index (χ4v) is 4.34. The van der Waals surface area contributed by atoms with Crippen molar-refractivity contribution in [3.05, 3.63) is 59.2 Å². The fourth-order valence-electron chi connectivity index (χ4n) is 4.34. The minimum absolute atomic E-state index is 0.0785. The summed E-state index contributed by atoms with van der Waals surface area (Å²) in [7, 11) is 1.91. The summed E-state index contributed by atoms with van der Waals surface area (Å²) in [6, 6.07) is 12.8. The van der Waals surface area contributed by atoms with E-state index in [1.165, 1.54) is 5.56 Å². The lowest BCUT2D eigenvalue weighted by atomic mass is 9.95. The molecule has 0 radical (unpaired) electrons. The van der Waals surface area contributed by atoms with Crippen molar-refractivity contribution in [2.24, 2.45) is 5.92 Å². The molecule has 1 unspecified atom stereocenters. The lowest BCUT2D eigenvalue weighted by Crippen LogP contribution is -2.54. The molecule has 3 rings (SSSR count). The summed E-state index contributed by atoms with van der Waals surface area (Å²) in [6.45, 7) is 6.06. The van der Waals surface area contributed by atoms with Crippen molar-refractivity contribution in [3.8, 4) is 0 Å². The van der Waals surface area contributed by atoms with Crippen molar-refractivity contribution >= 4 is 23.2 Å². The van der Waals surface area contributed by atoms with Crippen LogP contribution in [0.3, 0.4) is 0 Å². The Morgan fingerprint density at radius 2 is 1.94 bits per heavy atom. The number of rotatable bonds is 7. The largest absolute Gasteiger partial charge is 0.394 e. The molecule has 1 aliphatic rings. The van der Waals surface area contributed by atoms with Crippen molar-refractivity contribution < 1.29 is 14.7 Å². The molecule has 0 aromatic heterocycles. The second kappa shape index (κ2) is 10.6. The Hall–Kier alpha value is -2.86. The van der Waals surface area contributed by atoms with E-state index in [-0.39, 0.29) is 36.4 Å². The summed E-state index contributed by atoms with van der Waals surface area (Å²) in [5.74, 6) is -0.175. The maximum atomic E-state index is 12.8. The van der Waals surface area contributed by atoms with Crippen LogP contribution in [-0.2, 0) is 17.6 Å². The maximum Gasteiger partial charge on any atom is 0.255 e. The summed E-state index contributed by atoms with van der Waals surface area (Å²) in [4.78, 5) is 27.6. The van der Waals surface area contributed by atoms with Crippen molar-refractivity contribution in [1.82, 2.24) is 5.32 Å². The molecule has 0 saturated heterocycles. The summed E-state index contributed by atoms with van der Waals surface area (Å²) >= 11 is 0. The van der Waals surface area contributed by atoms with E-state index in [1.54, 1.807) is 0 Å². The second-order valence-electron chi connectivity index (χ2n) is 8.99. The van der Waals surface area contributed by atoms with E-state index >= 15 is 0 Å². The van der Waals surface area contributed by atoms with Crippen LogP contribution in [0.5, 0.6) is 0 Å². The molecule has 172 valence electrons. The molecular weight excluding hydrogens is 402 g/mol. The molecule has 0 fully saturated rings. The first kappa shape index (κ1) is 23.8. The molecule has 32 heavy (non-hydrogen) atoms. The van der Waals surface area contributed by atoms with Crippen LogP contribution in [0, 0.1) is 5.92 Å². The number of aliphatic hydroxyl groups is 1. The van der Waals surface area contributed by atoms with Gasteiger partial charge in [-0.25, -0.2) is 0 Å². The molecule has 0 aliphatic carbocycles. The normalized spacial score (nSPS) is 18.6. The Kier molecular flexibility index (Phi) is 7.91. The number of anilines is 2. The lowest BCUT2D eigenvalue weighted by Gasteiger charge is -2.37. The number of amides is 2. The van der Waals surface area contributed by atoms with Crippen LogP contribution in [0.4, 0.5) is 11.4 Å². The zero-order valence-corrected chi connectivity index (χ0v) is 19.5. The minimum atomic E-state index is -0.371. The van der Waals surface area contributed by atoms with E-state index in [4.69, 9.17) is 0 Å². The number of fused-ring (bicyclic) bond motifs is 1. The standard InChI is InChI=1S/C26H35N3O3/c1-5-6-7-18-8-10-19(11-9-18)25(31)27-21-13-12-20-14-22(16-30)28-26(32)24(17(2)3)29(4)23(20)15-21/h8-13,15,17,22,24,30H,5-7,14,16H2,1-4H3,(H,27,31)(H,28,32)/t22?,24-/m0/s1.